The summed E-state index contributed by atoms with van der Waals surface area (Å²) >= 11 is 6.43. The molecule has 116 valence electrons. The fraction of sp³-hybridized carbons (Fsp3) is 0.312. The molecule has 4 heterocycles. The molecule has 0 spiro atoms. The largest absolute Gasteiger partial charge is 0.391 e. The number of hydrogen-bond acceptors (Lipinski definition) is 5. The number of β-amino-alcohol motifs (C(OH)–C–C–N with tert-alkyl or cyclic N) is 1. The van der Waals surface area contributed by atoms with E-state index in [4.69, 9.17) is 16.9 Å². The molecule has 23 heavy (non-hydrogen) atoms. The Morgan fingerprint density at radius 3 is 3.04 bits per heavy atom. The number of nitrogens with zero attached hydrogens (tertiary/aromatic N) is 4. The Labute approximate surface area is 137 Å². The van der Waals surface area contributed by atoms with E-state index in [0.29, 0.717) is 22.9 Å². The molecule has 0 amide bonds. The van der Waals surface area contributed by atoms with Crippen LogP contribution in [0, 0.1) is 11.3 Å². The average Bonchev–Trinajstić information content (AvgIpc) is 2.92. The quantitative estimate of drug-likeness (QED) is 0.717. The molecule has 0 aromatic carbocycles. The number of H-pyrrole nitrogens is 1. The second-order valence-electron chi connectivity index (χ2n) is 5.77. The topological polar surface area (TPSA) is 88.8 Å². The van der Waals surface area contributed by atoms with Gasteiger partial charge in [0.1, 0.15) is 17.4 Å². The van der Waals surface area contributed by atoms with Gasteiger partial charge in [-0.1, -0.05) is 11.6 Å². The number of anilines is 1. The summed E-state index contributed by atoms with van der Waals surface area (Å²) < 4.78 is 0. The molecule has 7 heteroatoms. The Morgan fingerprint density at radius 1 is 1.39 bits per heavy atom. The van der Waals surface area contributed by atoms with Crippen molar-refractivity contribution in [3.63, 3.8) is 0 Å². The van der Waals surface area contributed by atoms with E-state index < -0.39 is 0 Å². The van der Waals surface area contributed by atoms with E-state index >= 15 is 0 Å². The molecule has 4 rings (SSSR count). The van der Waals surface area contributed by atoms with E-state index in [1.165, 1.54) is 0 Å². The van der Waals surface area contributed by atoms with Gasteiger partial charge in [-0.25, -0.2) is 9.97 Å². The lowest BCUT2D eigenvalue weighted by molar-refractivity contribution is 0.154. The minimum absolute atomic E-state index is 0.350. The number of piperidine rings is 1. The van der Waals surface area contributed by atoms with Gasteiger partial charge in [0.2, 0.25) is 0 Å². The number of halogens is 1. The minimum Gasteiger partial charge on any atom is -0.391 e. The molecule has 2 N–H and O–H groups in total. The highest BCUT2D eigenvalue weighted by Crippen LogP contribution is 2.38. The molecule has 1 aliphatic rings. The molecule has 1 saturated heterocycles. The predicted molar refractivity (Wildman–Crippen MR) is 88.6 cm³/mol. The standard InChI is InChI=1S/C16H14ClN5O/c17-12-6-20-16-14(15(12)22-3-1-2-10(23)8-22)11-4-9(5-18)19-7-13(11)21-16/h4,6-7,10,23H,1-3,8H2,(H,20,21). The zero-order valence-electron chi connectivity index (χ0n) is 12.3. The molecule has 0 aliphatic carbocycles. The van der Waals surface area contributed by atoms with Crippen LogP contribution in [0.2, 0.25) is 5.02 Å². The van der Waals surface area contributed by atoms with Crippen LogP contribution in [0.4, 0.5) is 5.69 Å². The lowest BCUT2D eigenvalue weighted by atomic mass is 10.1. The number of aromatic nitrogens is 3. The molecule has 1 atom stereocenters. The number of rotatable bonds is 1. The SMILES string of the molecule is N#Cc1cc2c(cn1)[nH]c1ncc(Cl)c(N3CCCC(O)C3)c12. The number of fused-ring (bicyclic) bond motifs is 3. The highest BCUT2D eigenvalue weighted by Gasteiger charge is 2.24. The van der Waals surface area contributed by atoms with Gasteiger partial charge in [-0.2, -0.15) is 5.26 Å². The van der Waals surface area contributed by atoms with E-state index in [1.807, 2.05) is 0 Å². The first-order valence-corrected chi connectivity index (χ1v) is 7.84. The van der Waals surface area contributed by atoms with Gasteiger partial charge in [-0.15, -0.1) is 0 Å². The number of aromatic amines is 1. The van der Waals surface area contributed by atoms with Crippen LogP contribution < -0.4 is 4.90 Å². The van der Waals surface area contributed by atoms with E-state index in [2.05, 4.69) is 25.9 Å². The average molecular weight is 328 g/mol. The number of pyridine rings is 2. The lowest BCUT2D eigenvalue weighted by Gasteiger charge is -2.33. The van der Waals surface area contributed by atoms with Gasteiger partial charge in [0.25, 0.3) is 0 Å². The Bertz CT molecular complexity index is 945. The normalized spacial score (nSPS) is 18.5. The maximum absolute atomic E-state index is 9.99. The Morgan fingerprint density at radius 2 is 2.26 bits per heavy atom. The Kier molecular flexibility index (Phi) is 3.33. The third-order valence-corrected chi connectivity index (χ3v) is 4.54. The van der Waals surface area contributed by atoms with Crippen molar-refractivity contribution in [1.29, 1.82) is 5.26 Å². The molecule has 6 nitrogen and oxygen atoms in total. The molecule has 0 radical (unpaired) electrons. The first kappa shape index (κ1) is 14.2. The summed E-state index contributed by atoms with van der Waals surface area (Å²) in [5, 5.41) is 21.4. The van der Waals surface area contributed by atoms with Crippen LogP contribution >= 0.6 is 11.6 Å². The molecule has 3 aromatic rings. The van der Waals surface area contributed by atoms with Crippen molar-refractivity contribution in [2.75, 3.05) is 18.0 Å². The highest BCUT2D eigenvalue weighted by molar-refractivity contribution is 6.35. The van der Waals surface area contributed by atoms with Crippen molar-refractivity contribution in [3.8, 4) is 6.07 Å². The summed E-state index contributed by atoms with van der Waals surface area (Å²) in [6, 6.07) is 3.81. The lowest BCUT2D eigenvalue weighted by Crippen LogP contribution is -2.38. The maximum atomic E-state index is 9.99. The van der Waals surface area contributed by atoms with Gasteiger partial charge in [0, 0.05) is 18.5 Å². The smallest absolute Gasteiger partial charge is 0.141 e. The monoisotopic (exact) mass is 327 g/mol. The zero-order chi connectivity index (χ0) is 16.0. The summed E-state index contributed by atoms with van der Waals surface area (Å²) in [4.78, 5) is 13.8. The maximum Gasteiger partial charge on any atom is 0.141 e. The van der Waals surface area contributed by atoms with Crippen LogP contribution in [-0.2, 0) is 0 Å². The summed E-state index contributed by atoms with van der Waals surface area (Å²) in [6.07, 6.45) is 4.62. The van der Waals surface area contributed by atoms with Crippen LogP contribution in [0.1, 0.15) is 18.5 Å². The van der Waals surface area contributed by atoms with Crippen molar-refractivity contribution in [2.24, 2.45) is 0 Å². The molecule has 3 aromatic heterocycles. The summed E-state index contributed by atoms with van der Waals surface area (Å²) in [5.74, 6) is 0. The Balaban J connectivity index is 2.01. The minimum atomic E-state index is -0.357. The van der Waals surface area contributed by atoms with Gasteiger partial charge in [0.05, 0.1) is 40.1 Å². The third kappa shape index (κ3) is 2.29. The van der Waals surface area contributed by atoms with Crippen molar-refractivity contribution in [1.82, 2.24) is 15.0 Å². The second-order valence-corrected chi connectivity index (χ2v) is 6.18. The van der Waals surface area contributed by atoms with E-state index in [0.717, 1.165) is 41.4 Å². The molecular weight excluding hydrogens is 314 g/mol. The van der Waals surface area contributed by atoms with Crippen LogP contribution in [0.25, 0.3) is 21.9 Å². The number of hydrogen-bond donors (Lipinski definition) is 2. The zero-order valence-corrected chi connectivity index (χ0v) is 13.0. The predicted octanol–water partition coefficient (Wildman–Crippen LogP) is 2.60. The van der Waals surface area contributed by atoms with Gasteiger partial charge in [-0.3, -0.25) is 0 Å². The van der Waals surface area contributed by atoms with Gasteiger partial charge in [-0.05, 0) is 18.9 Å². The van der Waals surface area contributed by atoms with Crippen molar-refractivity contribution in [2.45, 2.75) is 18.9 Å². The van der Waals surface area contributed by atoms with Gasteiger partial charge < -0.3 is 15.0 Å². The summed E-state index contributed by atoms with van der Waals surface area (Å²) in [7, 11) is 0. The number of nitriles is 1. The molecular formula is C16H14ClN5O. The van der Waals surface area contributed by atoms with Crippen LogP contribution in [0.3, 0.4) is 0 Å². The summed E-state index contributed by atoms with van der Waals surface area (Å²) in [6.45, 7) is 1.38. The number of aliphatic hydroxyl groups excluding tert-OH is 1. The molecule has 1 unspecified atom stereocenters. The van der Waals surface area contributed by atoms with Crippen molar-refractivity contribution in [3.05, 3.63) is 29.2 Å². The van der Waals surface area contributed by atoms with Gasteiger partial charge >= 0.3 is 0 Å². The second kappa shape index (κ2) is 5.37. The fourth-order valence-electron chi connectivity index (χ4n) is 3.25. The van der Waals surface area contributed by atoms with E-state index in [-0.39, 0.29) is 6.10 Å². The number of nitrogens with one attached hydrogen (secondary N) is 1. The molecule has 0 saturated carbocycles. The van der Waals surface area contributed by atoms with Crippen LogP contribution in [0.5, 0.6) is 0 Å². The third-order valence-electron chi connectivity index (χ3n) is 4.26. The first-order chi connectivity index (χ1) is 11.2. The van der Waals surface area contributed by atoms with Crippen molar-refractivity contribution < 1.29 is 5.11 Å². The molecule has 1 fully saturated rings. The van der Waals surface area contributed by atoms with E-state index in [1.54, 1.807) is 18.5 Å². The molecule has 1 aliphatic heterocycles. The fourth-order valence-corrected chi connectivity index (χ4v) is 3.51. The van der Waals surface area contributed by atoms with E-state index in [9.17, 15) is 5.11 Å². The van der Waals surface area contributed by atoms with Crippen LogP contribution in [0.15, 0.2) is 18.5 Å². The Hall–Kier alpha value is -2.36. The van der Waals surface area contributed by atoms with Crippen molar-refractivity contribution >= 4 is 39.2 Å². The highest BCUT2D eigenvalue weighted by atomic mass is 35.5. The number of aliphatic hydroxyl groups is 1. The first-order valence-electron chi connectivity index (χ1n) is 7.46. The van der Waals surface area contributed by atoms with Crippen LogP contribution in [-0.4, -0.2) is 39.3 Å². The molecule has 0 bridgehead atoms. The van der Waals surface area contributed by atoms with Gasteiger partial charge in [0.15, 0.2) is 0 Å². The summed E-state index contributed by atoms with van der Waals surface area (Å²) in [5.41, 5.74) is 2.73.